The number of hydrogen-bond donors (Lipinski definition) is 3. The molecule has 25 heavy (non-hydrogen) atoms. The number of imidazole rings is 2. The number of H-pyrrole nitrogens is 2. The van der Waals surface area contributed by atoms with Crippen LogP contribution >= 0.6 is 0 Å². The van der Waals surface area contributed by atoms with Crippen molar-refractivity contribution in [3.63, 3.8) is 0 Å². The van der Waals surface area contributed by atoms with Gasteiger partial charge in [0.05, 0.1) is 30.5 Å². The third kappa shape index (κ3) is 2.52. The van der Waals surface area contributed by atoms with Gasteiger partial charge in [0.25, 0.3) is 5.82 Å². The first-order valence-electron chi connectivity index (χ1n) is 6.95. The summed E-state index contributed by atoms with van der Waals surface area (Å²) in [5.74, 6) is -1.26. The molecule has 0 fully saturated rings. The Hall–Kier alpha value is -3.28. The summed E-state index contributed by atoms with van der Waals surface area (Å²) in [6, 6.07) is 1.57. The molecule has 0 saturated carbocycles. The maximum Gasteiger partial charge on any atom is 0.453 e. The van der Waals surface area contributed by atoms with Crippen LogP contribution in [0.3, 0.4) is 0 Å². The van der Waals surface area contributed by atoms with Crippen molar-refractivity contribution in [3.05, 3.63) is 36.3 Å². The highest BCUT2D eigenvalue weighted by Crippen LogP contribution is 2.32. The van der Waals surface area contributed by atoms with Gasteiger partial charge in [-0.15, -0.1) is 5.10 Å². The lowest BCUT2D eigenvalue weighted by molar-refractivity contribution is -0.144. The molecule has 0 unspecified atom stereocenters. The molecule has 9 nitrogen and oxygen atoms in total. The molecule has 0 atom stereocenters. The molecule has 0 aromatic carbocycles. The fourth-order valence-corrected chi connectivity index (χ4v) is 2.36. The van der Waals surface area contributed by atoms with E-state index in [-0.39, 0.29) is 23.9 Å². The highest BCUT2D eigenvalue weighted by molar-refractivity contribution is 5.76. The maximum absolute atomic E-state index is 12.8. The van der Waals surface area contributed by atoms with Crippen molar-refractivity contribution < 1.29 is 18.3 Å². The van der Waals surface area contributed by atoms with Crippen LogP contribution in [0.1, 0.15) is 11.5 Å². The molecule has 4 aromatic rings. The molecule has 0 saturated heterocycles. The van der Waals surface area contributed by atoms with Crippen LogP contribution in [0.25, 0.3) is 28.7 Å². The Bertz CT molecular complexity index is 1030. The van der Waals surface area contributed by atoms with E-state index in [0.717, 1.165) is 0 Å². The van der Waals surface area contributed by atoms with Crippen molar-refractivity contribution in [2.24, 2.45) is 0 Å². The topological polar surface area (TPSA) is 121 Å². The zero-order valence-electron chi connectivity index (χ0n) is 12.3. The van der Waals surface area contributed by atoms with Crippen LogP contribution in [0, 0.1) is 0 Å². The molecule has 4 rings (SSSR count). The fraction of sp³-hybridized carbons (Fsp3) is 0.154. The quantitative estimate of drug-likeness (QED) is 0.514. The van der Waals surface area contributed by atoms with E-state index in [1.165, 1.54) is 12.5 Å². The smallest absolute Gasteiger partial charge is 0.390 e. The second-order valence-electron chi connectivity index (χ2n) is 5.03. The Morgan fingerprint density at radius 3 is 2.68 bits per heavy atom. The summed E-state index contributed by atoms with van der Waals surface area (Å²) in [7, 11) is 0. The van der Waals surface area contributed by atoms with Gasteiger partial charge in [-0.05, 0) is 6.07 Å². The molecule has 0 bridgehead atoms. The van der Waals surface area contributed by atoms with Crippen LogP contribution in [0.2, 0.25) is 0 Å². The van der Waals surface area contributed by atoms with Gasteiger partial charge in [-0.25, -0.2) is 19.9 Å². The summed E-state index contributed by atoms with van der Waals surface area (Å²) in [6.07, 6.45) is -0.157. The van der Waals surface area contributed by atoms with Gasteiger partial charge in [-0.3, -0.25) is 9.50 Å². The zero-order valence-corrected chi connectivity index (χ0v) is 12.3. The number of hydrogen-bond acceptors (Lipinski definition) is 6. The van der Waals surface area contributed by atoms with Crippen LogP contribution in [0.4, 0.5) is 13.2 Å². The highest BCUT2D eigenvalue weighted by atomic mass is 19.4. The first-order chi connectivity index (χ1) is 12.0. The van der Waals surface area contributed by atoms with Crippen molar-refractivity contribution >= 4 is 5.78 Å². The number of fused-ring (bicyclic) bond motifs is 1. The summed E-state index contributed by atoms with van der Waals surface area (Å²) in [5, 5.41) is 14.6. The van der Waals surface area contributed by atoms with Crippen LogP contribution < -0.4 is 0 Å². The number of rotatable bonds is 3. The number of nitrogens with zero attached hydrogens (tertiary/aromatic N) is 6. The predicted molar refractivity (Wildman–Crippen MR) is 76.9 cm³/mol. The fourth-order valence-electron chi connectivity index (χ4n) is 2.36. The van der Waals surface area contributed by atoms with E-state index in [4.69, 9.17) is 0 Å². The molecule has 0 aliphatic carbocycles. The second-order valence-corrected chi connectivity index (χ2v) is 5.03. The third-order valence-corrected chi connectivity index (χ3v) is 3.43. The van der Waals surface area contributed by atoms with Crippen molar-refractivity contribution in [2.45, 2.75) is 12.8 Å². The first kappa shape index (κ1) is 15.3. The number of aliphatic hydroxyl groups excluding tert-OH is 1. The molecule has 0 aliphatic heterocycles. The summed E-state index contributed by atoms with van der Waals surface area (Å²) in [4.78, 5) is 18.7. The Morgan fingerprint density at radius 2 is 2.04 bits per heavy atom. The normalized spacial score (nSPS) is 12.2. The maximum atomic E-state index is 12.8. The Morgan fingerprint density at radius 1 is 1.20 bits per heavy atom. The number of aromatic nitrogens is 8. The van der Waals surface area contributed by atoms with Crippen molar-refractivity contribution in [3.8, 4) is 22.9 Å². The van der Waals surface area contributed by atoms with Crippen LogP contribution in [-0.4, -0.2) is 44.6 Å². The van der Waals surface area contributed by atoms with Gasteiger partial charge in [0.2, 0.25) is 5.78 Å². The van der Waals surface area contributed by atoms with Gasteiger partial charge >= 0.3 is 6.18 Å². The van der Waals surface area contributed by atoms with Gasteiger partial charge in [-0.2, -0.15) is 13.2 Å². The average molecular weight is 350 g/mol. The number of alkyl halides is 3. The van der Waals surface area contributed by atoms with Crippen molar-refractivity contribution in [1.29, 1.82) is 0 Å². The van der Waals surface area contributed by atoms with E-state index in [1.54, 1.807) is 16.7 Å². The molecule has 0 aliphatic rings. The molecule has 12 heteroatoms. The molecular formula is C13H9F3N8O. The number of halogens is 3. The third-order valence-electron chi connectivity index (χ3n) is 3.43. The van der Waals surface area contributed by atoms with Crippen LogP contribution in [0.15, 0.2) is 24.8 Å². The largest absolute Gasteiger partial charge is 0.453 e. The molecule has 0 radical (unpaired) electrons. The molecule has 0 amide bonds. The number of aromatic amines is 2. The van der Waals surface area contributed by atoms with Gasteiger partial charge < -0.3 is 10.1 Å². The monoisotopic (exact) mass is 350 g/mol. The SMILES string of the molecule is OCc1ccn2c(-c3cnc[nH]3)c(-c3nc(C(F)(F)F)n[nH]3)nc2n1. The summed E-state index contributed by atoms with van der Waals surface area (Å²) >= 11 is 0. The minimum Gasteiger partial charge on any atom is -0.390 e. The standard InChI is InChI=1S/C13H9F3N8O/c14-13(15,16)11-21-10(22-23-11)8-9(7-3-17-5-18-7)24-2-1-6(4-25)19-12(24)20-8/h1-3,5,25H,4H2,(H,17,18)(H,21,22,23). The summed E-state index contributed by atoms with van der Waals surface area (Å²) < 4.78 is 39.9. The molecule has 4 heterocycles. The lowest BCUT2D eigenvalue weighted by Gasteiger charge is -2.01. The Balaban J connectivity index is 1.96. The minimum atomic E-state index is -4.68. The van der Waals surface area contributed by atoms with Gasteiger partial charge in [-0.1, -0.05) is 0 Å². The van der Waals surface area contributed by atoms with Crippen LogP contribution in [-0.2, 0) is 12.8 Å². The Kier molecular flexibility index (Phi) is 3.28. The molecule has 0 spiro atoms. The molecule has 3 N–H and O–H groups in total. The lowest BCUT2D eigenvalue weighted by Crippen LogP contribution is -2.07. The van der Waals surface area contributed by atoms with Crippen LogP contribution in [0.5, 0.6) is 0 Å². The first-order valence-corrected chi connectivity index (χ1v) is 6.95. The molecule has 4 aromatic heterocycles. The van der Waals surface area contributed by atoms with Gasteiger partial charge in [0, 0.05) is 6.20 Å². The van der Waals surface area contributed by atoms with Gasteiger partial charge in [0.1, 0.15) is 11.4 Å². The van der Waals surface area contributed by atoms with E-state index in [2.05, 4.69) is 35.1 Å². The van der Waals surface area contributed by atoms with Gasteiger partial charge in [0.15, 0.2) is 5.82 Å². The zero-order chi connectivity index (χ0) is 17.6. The molecular weight excluding hydrogens is 341 g/mol. The summed E-state index contributed by atoms with van der Waals surface area (Å²) in [6.45, 7) is -0.293. The lowest BCUT2D eigenvalue weighted by atomic mass is 10.2. The number of aliphatic hydroxyl groups is 1. The van der Waals surface area contributed by atoms with Crippen molar-refractivity contribution in [1.82, 2.24) is 39.5 Å². The average Bonchev–Trinajstić information content (AvgIpc) is 3.30. The van der Waals surface area contributed by atoms with E-state index < -0.39 is 12.0 Å². The highest BCUT2D eigenvalue weighted by Gasteiger charge is 2.36. The Labute approximate surface area is 136 Å². The van der Waals surface area contributed by atoms with E-state index >= 15 is 0 Å². The minimum absolute atomic E-state index is 0.120. The molecule has 128 valence electrons. The second kappa shape index (κ2) is 5.37. The van der Waals surface area contributed by atoms with E-state index in [0.29, 0.717) is 17.1 Å². The number of nitrogens with one attached hydrogen (secondary N) is 2. The summed E-state index contributed by atoms with van der Waals surface area (Å²) in [5.41, 5.74) is 1.41. The van der Waals surface area contributed by atoms with Crippen molar-refractivity contribution in [2.75, 3.05) is 0 Å². The predicted octanol–water partition coefficient (Wildman–Crippen LogP) is 1.42. The van der Waals surface area contributed by atoms with E-state index in [1.807, 2.05) is 0 Å². The van der Waals surface area contributed by atoms with E-state index in [9.17, 15) is 18.3 Å².